The van der Waals surface area contributed by atoms with Gasteiger partial charge in [0.25, 0.3) is 0 Å². The maximum absolute atomic E-state index is 10.7. The van der Waals surface area contributed by atoms with Gasteiger partial charge >= 0.3 is 0 Å². The molecule has 0 aliphatic heterocycles. The number of Topliss-reactive ketones (excluding diaryl/α,β-unsaturated/α-hetero) is 1. The largest absolute Gasteiger partial charge is 0.298 e. The minimum Gasteiger partial charge on any atom is -0.298 e. The van der Waals surface area contributed by atoms with Crippen LogP contribution in [-0.4, -0.2) is 15.6 Å². The number of hydrogen-bond acceptors (Lipinski definition) is 2. The van der Waals surface area contributed by atoms with Crippen LogP contribution in [0.25, 0.3) is 0 Å². The lowest BCUT2D eigenvalue weighted by molar-refractivity contribution is -0.117. The first kappa shape index (κ1) is 9.84. The maximum Gasteiger partial charge on any atom is 0.171 e. The molecule has 1 heterocycles. The van der Waals surface area contributed by atoms with Crippen molar-refractivity contribution in [1.29, 1.82) is 0 Å². The van der Waals surface area contributed by atoms with Gasteiger partial charge in [-0.15, -0.1) is 0 Å². The Morgan fingerprint density at radius 1 is 1.50 bits per heavy atom. The van der Waals surface area contributed by atoms with Gasteiger partial charge in [0, 0.05) is 0 Å². The summed E-state index contributed by atoms with van der Waals surface area (Å²) in [5.74, 6) is -0.0623. The molecule has 0 fully saturated rings. The Labute approximate surface area is 84.2 Å². The molecule has 0 aliphatic carbocycles. The molecule has 0 aliphatic rings. The number of aromatic nitrogens is 2. The van der Waals surface area contributed by atoms with Gasteiger partial charge in [0.15, 0.2) is 10.9 Å². The van der Waals surface area contributed by atoms with E-state index < -0.39 is 0 Å². The Bertz CT molecular complexity index is 321. The minimum absolute atomic E-state index is 0.0623. The van der Waals surface area contributed by atoms with Gasteiger partial charge in [-0.25, -0.2) is 4.68 Å². The van der Waals surface area contributed by atoms with E-state index in [4.69, 9.17) is 34.8 Å². The zero-order valence-corrected chi connectivity index (χ0v) is 8.41. The van der Waals surface area contributed by atoms with Crippen LogP contribution in [-0.2, 0) is 11.3 Å². The summed E-state index contributed by atoms with van der Waals surface area (Å²) in [5, 5.41) is 4.23. The Morgan fingerprint density at radius 2 is 2.08 bits per heavy atom. The van der Waals surface area contributed by atoms with Crippen molar-refractivity contribution in [3.8, 4) is 0 Å². The molecule has 0 unspecified atom stereocenters. The van der Waals surface area contributed by atoms with Gasteiger partial charge in [-0.2, -0.15) is 5.10 Å². The lowest BCUT2D eigenvalue weighted by Gasteiger charge is -1.96. The third-order valence-electron chi connectivity index (χ3n) is 1.17. The summed E-state index contributed by atoms with van der Waals surface area (Å²) in [7, 11) is 0. The lowest BCUT2D eigenvalue weighted by Crippen LogP contribution is -2.07. The lowest BCUT2D eigenvalue weighted by atomic mass is 10.4. The highest BCUT2D eigenvalue weighted by molar-refractivity contribution is 6.47. The summed E-state index contributed by atoms with van der Waals surface area (Å²) < 4.78 is 1.26. The first-order chi connectivity index (χ1) is 5.52. The SMILES string of the molecule is CC(=O)Cn1nc(Cl)c(Cl)c1Cl. The van der Waals surface area contributed by atoms with Crippen LogP contribution in [0, 0.1) is 0 Å². The third-order valence-corrected chi connectivity index (χ3v) is 2.37. The molecule has 0 aromatic carbocycles. The second-order valence-electron chi connectivity index (χ2n) is 2.26. The Balaban J connectivity index is 3.01. The van der Waals surface area contributed by atoms with Crippen LogP contribution in [0.15, 0.2) is 0 Å². The molecule has 0 atom stereocenters. The molecule has 1 aromatic rings. The Morgan fingerprint density at radius 3 is 2.42 bits per heavy atom. The summed E-state index contributed by atoms with van der Waals surface area (Å²) in [6.45, 7) is 1.52. The molecule has 0 spiro atoms. The van der Waals surface area contributed by atoms with Gasteiger partial charge < -0.3 is 0 Å². The van der Waals surface area contributed by atoms with Crippen molar-refractivity contribution in [2.45, 2.75) is 13.5 Å². The molecular formula is C6H5Cl3N2O. The number of carbonyl (C=O) groups excluding carboxylic acids is 1. The highest BCUT2D eigenvalue weighted by atomic mass is 35.5. The van der Waals surface area contributed by atoms with Gasteiger partial charge in [-0.1, -0.05) is 34.8 Å². The molecule has 3 nitrogen and oxygen atoms in total. The molecule has 0 bridgehead atoms. The molecule has 0 saturated heterocycles. The van der Waals surface area contributed by atoms with Crippen molar-refractivity contribution in [1.82, 2.24) is 9.78 Å². The van der Waals surface area contributed by atoms with Crippen molar-refractivity contribution >= 4 is 40.6 Å². The van der Waals surface area contributed by atoms with Crippen LogP contribution in [0.1, 0.15) is 6.92 Å². The van der Waals surface area contributed by atoms with Gasteiger partial charge in [0.05, 0.1) is 0 Å². The monoisotopic (exact) mass is 226 g/mol. The second-order valence-corrected chi connectivity index (χ2v) is 3.35. The van der Waals surface area contributed by atoms with E-state index in [1.807, 2.05) is 0 Å². The average Bonchev–Trinajstić information content (AvgIpc) is 2.17. The van der Waals surface area contributed by atoms with Crippen LogP contribution >= 0.6 is 34.8 Å². The average molecular weight is 227 g/mol. The van der Waals surface area contributed by atoms with Crippen LogP contribution < -0.4 is 0 Å². The molecule has 6 heteroatoms. The van der Waals surface area contributed by atoms with E-state index in [0.717, 1.165) is 0 Å². The summed E-state index contributed by atoms with van der Waals surface area (Å²) in [5.41, 5.74) is 0. The van der Waals surface area contributed by atoms with Gasteiger partial charge in [-0.05, 0) is 6.92 Å². The van der Waals surface area contributed by atoms with Crippen molar-refractivity contribution in [3.05, 3.63) is 15.3 Å². The van der Waals surface area contributed by atoms with Gasteiger partial charge in [0.1, 0.15) is 16.7 Å². The fraction of sp³-hybridized carbons (Fsp3) is 0.333. The van der Waals surface area contributed by atoms with Crippen LogP contribution in [0.4, 0.5) is 0 Å². The number of ketones is 1. The normalized spacial score (nSPS) is 10.3. The van der Waals surface area contributed by atoms with Crippen molar-refractivity contribution in [2.75, 3.05) is 0 Å². The second kappa shape index (κ2) is 3.64. The van der Waals surface area contributed by atoms with E-state index >= 15 is 0 Å². The predicted molar refractivity (Wildman–Crippen MR) is 47.9 cm³/mol. The van der Waals surface area contributed by atoms with Gasteiger partial charge in [-0.3, -0.25) is 4.79 Å². The third kappa shape index (κ3) is 1.91. The number of rotatable bonds is 2. The van der Waals surface area contributed by atoms with E-state index in [0.29, 0.717) is 0 Å². The van der Waals surface area contributed by atoms with Crippen LogP contribution in [0.5, 0.6) is 0 Å². The molecule has 12 heavy (non-hydrogen) atoms. The van der Waals surface area contributed by atoms with Crippen molar-refractivity contribution in [2.24, 2.45) is 0 Å². The number of hydrogen-bond donors (Lipinski definition) is 0. The molecule has 0 saturated carbocycles. The first-order valence-electron chi connectivity index (χ1n) is 3.09. The summed E-state index contributed by atoms with van der Waals surface area (Å²) >= 11 is 16.9. The molecule has 1 rings (SSSR count). The molecule has 0 radical (unpaired) electrons. The quantitative estimate of drug-likeness (QED) is 0.778. The van der Waals surface area contributed by atoms with E-state index in [2.05, 4.69) is 5.10 Å². The van der Waals surface area contributed by atoms with Crippen LogP contribution in [0.3, 0.4) is 0 Å². The van der Waals surface area contributed by atoms with E-state index in [1.165, 1.54) is 11.6 Å². The minimum atomic E-state index is -0.0623. The molecule has 66 valence electrons. The highest BCUT2D eigenvalue weighted by Gasteiger charge is 2.12. The number of halogens is 3. The Hall–Kier alpha value is -0.250. The molecule has 0 amide bonds. The van der Waals surface area contributed by atoms with Crippen molar-refractivity contribution in [3.63, 3.8) is 0 Å². The summed E-state index contributed by atoms with van der Waals surface area (Å²) in [4.78, 5) is 10.7. The number of nitrogens with zero attached hydrogens (tertiary/aromatic N) is 2. The van der Waals surface area contributed by atoms with Crippen molar-refractivity contribution < 1.29 is 4.79 Å². The molecule has 1 aromatic heterocycles. The number of carbonyl (C=O) groups is 1. The van der Waals surface area contributed by atoms with E-state index in [-0.39, 0.29) is 27.7 Å². The zero-order chi connectivity index (χ0) is 9.30. The van der Waals surface area contributed by atoms with E-state index in [1.54, 1.807) is 0 Å². The highest BCUT2D eigenvalue weighted by Crippen LogP contribution is 2.28. The summed E-state index contributed by atoms with van der Waals surface area (Å²) in [6.07, 6.45) is 0. The van der Waals surface area contributed by atoms with Gasteiger partial charge in [0.2, 0.25) is 0 Å². The molecular weight excluding hydrogens is 222 g/mol. The zero-order valence-electron chi connectivity index (χ0n) is 6.14. The van der Waals surface area contributed by atoms with E-state index in [9.17, 15) is 4.79 Å². The fourth-order valence-electron chi connectivity index (χ4n) is 0.708. The standard InChI is InChI=1S/C6H5Cl3N2O/c1-3(12)2-11-6(9)4(7)5(8)10-11/h2H2,1H3. The topological polar surface area (TPSA) is 34.9 Å². The Kier molecular flexibility index (Phi) is 2.99. The smallest absolute Gasteiger partial charge is 0.171 e. The predicted octanol–water partition coefficient (Wildman–Crippen LogP) is 2.43. The maximum atomic E-state index is 10.7. The fourth-order valence-corrected chi connectivity index (χ4v) is 1.26. The summed E-state index contributed by atoms with van der Waals surface area (Å²) in [6, 6.07) is 0. The first-order valence-corrected chi connectivity index (χ1v) is 4.22. The molecule has 0 N–H and O–H groups in total. The van der Waals surface area contributed by atoms with Crippen LogP contribution in [0.2, 0.25) is 15.3 Å².